The standard InChI is InChI=1S/C4H12N2O2S/c1-4(2)3-9(7,8)6-5/h4,6H,3,5H2,1-2H3. The minimum absolute atomic E-state index is 0.0868. The van der Waals surface area contributed by atoms with E-state index in [0.717, 1.165) is 0 Å². The summed E-state index contributed by atoms with van der Waals surface area (Å²) >= 11 is 0. The smallest absolute Gasteiger partial charge is 0.224 e. The van der Waals surface area contributed by atoms with Crippen molar-refractivity contribution in [2.24, 2.45) is 11.8 Å². The van der Waals surface area contributed by atoms with Gasteiger partial charge < -0.3 is 0 Å². The van der Waals surface area contributed by atoms with Crippen molar-refractivity contribution in [1.29, 1.82) is 0 Å². The minimum Gasteiger partial charge on any atom is -0.258 e. The highest BCUT2D eigenvalue weighted by molar-refractivity contribution is 7.89. The summed E-state index contributed by atoms with van der Waals surface area (Å²) in [7, 11) is -3.19. The summed E-state index contributed by atoms with van der Waals surface area (Å²) in [5.41, 5.74) is 0. The molecule has 0 fully saturated rings. The van der Waals surface area contributed by atoms with Gasteiger partial charge in [-0.25, -0.2) is 8.42 Å². The molecule has 0 aromatic carbocycles. The van der Waals surface area contributed by atoms with Crippen LogP contribution in [0.4, 0.5) is 0 Å². The molecule has 3 N–H and O–H groups in total. The molecule has 0 aromatic rings. The molecule has 56 valence electrons. The Morgan fingerprint density at radius 3 is 2.11 bits per heavy atom. The highest BCUT2D eigenvalue weighted by Crippen LogP contribution is 1.94. The Morgan fingerprint density at radius 2 is 2.00 bits per heavy atom. The van der Waals surface area contributed by atoms with Crippen LogP contribution in [0.3, 0.4) is 0 Å². The number of hydrogen-bond acceptors (Lipinski definition) is 3. The van der Waals surface area contributed by atoms with Crippen LogP contribution in [-0.2, 0) is 10.0 Å². The predicted octanol–water partition coefficient (Wildman–Crippen LogP) is -0.564. The van der Waals surface area contributed by atoms with E-state index >= 15 is 0 Å². The fourth-order valence-electron chi connectivity index (χ4n) is 0.487. The fraction of sp³-hybridized carbons (Fsp3) is 1.00. The van der Waals surface area contributed by atoms with Crippen molar-refractivity contribution < 1.29 is 8.42 Å². The highest BCUT2D eigenvalue weighted by atomic mass is 32.2. The molecule has 4 nitrogen and oxygen atoms in total. The van der Waals surface area contributed by atoms with Crippen molar-refractivity contribution in [1.82, 2.24) is 4.83 Å². The van der Waals surface area contributed by atoms with Gasteiger partial charge in [0.1, 0.15) is 0 Å². The third-order valence-electron chi connectivity index (χ3n) is 0.732. The number of sulfonamides is 1. The lowest BCUT2D eigenvalue weighted by molar-refractivity contribution is 0.570. The van der Waals surface area contributed by atoms with Crippen molar-refractivity contribution in [2.45, 2.75) is 13.8 Å². The molecule has 0 heterocycles. The van der Waals surface area contributed by atoms with Crippen LogP contribution >= 0.6 is 0 Å². The number of hydrazine groups is 1. The van der Waals surface area contributed by atoms with Crippen LogP contribution in [-0.4, -0.2) is 14.2 Å². The van der Waals surface area contributed by atoms with Gasteiger partial charge in [0.2, 0.25) is 10.0 Å². The fourth-order valence-corrected chi connectivity index (χ4v) is 1.46. The highest BCUT2D eigenvalue weighted by Gasteiger charge is 2.08. The van der Waals surface area contributed by atoms with Crippen molar-refractivity contribution >= 4 is 10.0 Å². The van der Waals surface area contributed by atoms with Crippen molar-refractivity contribution in [2.75, 3.05) is 5.75 Å². The first-order chi connectivity index (χ1) is 3.98. The van der Waals surface area contributed by atoms with Gasteiger partial charge in [0.25, 0.3) is 0 Å². The van der Waals surface area contributed by atoms with Crippen LogP contribution in [0.5, 0.6) is 0 Å². The maximum atomic E-state index is 10.6. The van der Waals surface area contributed by atoms with E-state index in [-0.39, 0.29) is 11.7 Å². The van der Waals surface area contributed by atoms with Gasteiger partial charge in [-0.15, -0.1) is 0 Å². The van der Waals surface area contributed by atoms with Gasteiger partial charge in [0.05, 0.1) is 5.75 Å². The summed E-state index contributed by atoms with van der Waals surface area (Å²) in [6.45, 7) is 3.63. The Labute approximate surface area is 55.5 Å². The van der Waals surface area contributed by atoms with Gasteiger partial charge in [-0.3, -0.25) is 5.84 Å². The van der Waals surface area contributed by atoms with Crippen LogP contribution in [0.1, 0.15) is 13.8 Å². The molecule has 0 aromatic heterocycles. The van der Waals surface area contributed by atoms with E-state index < -0.39 is 10.0 Å². The Balaban J connectivity index is 3.90. The SMILES string of the molecule is CC(C)CS(=O)(=O)NN. The molecule has 0 rings (SSSR count). The van der Waals surface area contributed by atoms with E-state index in [0.29, 0.717) is 0 Å². The first-order valence-corrected chi connectivity index (χ1v) is 4.33. The van der Waals surface area contributed by atoms with E-state index in [4.69, 9.17) is 5.84 Å². The number of rotatable bonds is 3. The van der Waals surface area contributed by atoms with Crippen LogP contribution < -0.4 is 10.7 Å². The second-order valence-electron chi connectivity index (χ2n) is 2.29. The average molecular weight is 152 g/mol. The molecule has 0 spiro atoms. The number of hydrogen-bond donors (Lipinski definition) is 2. The monoisotopic (exact) mass is 152 g/mol. The van der Waals surface area contributed by atoms with Gasteiger partial charge in [-0.2, -0.15) is 4.83 Å². The summed E-state index contributed by atoms with van der Waals surface area (Å²) in [5.74, 6) is 4.92. The van der Waals surface area contributed by atoms with E-state index in [9.17, 15) is 8.42 Å². The molecule has 0 saturated carbocycles. The molecule has 0 bridgehead atoms. The second kappa shape index (κ2) is 3.14. The minimum atomic E-state index is -3.19. The molecule has 0 amide bonds. The maximum absolute atomic E-state index is 10.6. The van der Waals surface area contributed by atoms with E-state index in [2.05, 4.69) is 0 Å². The van der Waals surface area contributed by atoms with Gasteiger partial charge in [0.15, 0.2) is 0 Å². The molecule has 0 saturated heterocycles. The molecule has 0 atom stereocenters. The van der Waals surface area contributed by atoms with Crippen molar-refractivity contribution in [3.05, 3.63) is 0 Å². The first kappa shape index (κ1) is 8.87. The maximum Gasteiger partial charge on any atom is 0.224 e. The molecular formula is C4H12N2O2S. The van der Waals surface area contributed by atoms with Gasteiger partial charge in [-0.1, -0.05) is 13.8 Å². The van der Waals surface area contributed by atoms with Crippen LogP contribution in [0.25, 0.3) is 0 Å². The summed E-state index contributed by atoms with van der Waals surface area (Å²) in [4.78, 5) is 1.74. The number of nitrogens with one attached hydrogen (secondary N) is 1. The quantitative estimate of drug-likeness (QED) is 0.420. The average Bonchev–Trinajstić information content (AvgIpc) is 1.63. The zero-order valence-electron chi connectivity index (χ0n) is 5.59. The summed E-state index contributed by atoms with van der Waals surface area (Å²) < 4.78 is 21.1. The van der Waals surface area contributed by atoms with E-state index in [1.807, 2.05) is 13.8 Å². The lowest BCUT2D eigenvalue weighted by atomic mass is 10.3. The lowest BCUT2D eigenvalue weighted by Gasteiger charge is -2.03. The van der Waals surface area contributed by atoms with Crippen molar-refractivity contribution in [3.63, 3.8) is 0 Å². The largest absolute Gasteiger partial charge is 0.258 e. The topological polar surface area (TPSA) is 72.2 Å². The molecule has 5 heteroatoms. The third kappa shape index (κ3) is 4.38. The van der Waals surface area contributed by atoms with E-state index in [1.165, 1.54) is 0 Å². The lowest BCUT2D eigenvalue weighted by Crippen LogP contribution is -2.33. The molecule has 0 aliphatic heterocycles. The first-order valence-electron chi connectivity index (χ1n) is 2.68. The van der Waals surface area contributed by atoms with Crippen LogP contribution in [0.2, 0.25) is 0 Å². The zero-order chi connectivity index (χ0) is 7.49. The summed E-state index contributed by atoms with van der Waals surface area (Å²) in [5, 5.41) is 0. The molecule has 9 heavy (non-hydrogen) atoms. The predicted molar refractivity (Wildman–Crippen MR) is 35.9 cm³/mol. The summed E-state index contributed by atoms with van der Waals surface area (Å²) in [6, 6.07) is 0. The Hall–Kier alpha value is -0.130. The third-order valence-corrected chi connectivity index (χ3v) is 2.20. The van der Waals surface area contributed by atoms with Crippen LogP contribution in [0, 0.1) is 5.92 Å². The number of nitrogens with two attached hydrogens (primary N) is 1. The molecule has 0 unspecified atom stereocenters. The second-order valence-corrected chi connectivity index (χ2v) is 4.09. The Morgan fingerprint density at radius 1 is 1.56 bits per heavy atom. The molecular weight excluding hydrogens is 140 g/mol. The Bertz CT molecular complexity index is 161. The van der Waals surface area contributed by atoms with Crippen LogP contribution in [0.15, 0.2) is 0 Å². The Kier molecular flexibility index (Phi) is 3.10. The summed E-state index contributed by atoms with van der Waals surface area (Å²) in [6.07, 6.45) is 0. The van der Waals surface area contributed by atoms with Gasteiger partial charge in [0, 0.05) is 0 Å². The van der Waals surface area contributed by atoms with Gasteiger partial charge in [-0.05, 0) is 5.92 Å². The normalized spacial score (nSPS) is 12.4. The molecule has 0 aliphatic carbocycles. The zero-order valence-corrected chi connectivity index (χ0v) is 6.40. The molecule has 0 aliphatic rings. The molecule has 0 radical (unpaired) electrons. The van der Waals surface area contributed by atoms with E-state index in [1.54, 1.807) is 4.83 Å². The van der Waals surface area contributed by atoms with Crippen molar-refractivity contribution in [3.8, 4) is 0 Å². The van der Waals surface area contributed by atoms with Gasteiger partial charge >= 0.3 is 0 Å².